The van der Waals surface area contributed by atoms with Crippen LogP contribution in [0.15, 0.2) is 42.5 Å². The first-order valence-electron chi connectivity index (χ1n) is 16.5. The number of carbonyl (C=O) groups is 2. The van der Waals surface area contributed by atoms with Crippen molar-refractivity contribution in [3.63, 3.8) is 0 Å². The van der Waals surface area contributed by atoms with Crippen molar-refractivity contribution in [3.8, 4) is 0 Å². The second-order valence-electron chi connectivity index (χ2n) is 15.7. The third kappa shape index (κ3) is 10.1. The minimum Gasteiger partial charge on any atom is -0.469 e. The Labute approximate surface area is 278 Å². The summed E-state index contributed by atoms with van der Waals surface area (Å²) >= 11 is 0. The second-order valence-corrected chi connectivity index (χ2v) is 25.2. The van der Waals surface area contributed by atoms with Crippen molar-refractivity contribution in [2.75, 3.05) is 13.7 Å². The molecule has 2 aliphatic heterocycles. The van der Waals surface area contributed by atoms with Crippen LogP contribution in [-0.4, -0.2) is 89.9 Å². The molecule has 2 fully saturated rings. The Balaban J connectivity index is 1.93. The molecule has 3 rings (SSSR count). The van der Waals surface area contributed by atoms with Crippen molar-refractivity contribution in [2.24, 2.45) is 0 Å². The molecule has 0 saturated carbocycles. The van der Waals surface area contributed by atoms with E-state index in [0.29, 0.717) is 19.4 Å². The first kappa shape index (κ1) is 38.7. The van der Waals surface area contributed by atoms with Gasteiger partial charge < -0.3 is 32.9 Å². The third-order valence-corrected chi connectivity index (χ3v) is 19.0. The van der Waals surface area contributed by atoms with Crippen molar-refractivity contribution in [1.82, 2.24) is 0 Å². The predicted octanol–water partition coefficient (Wildman–Crippen LogP) is 6.35. The Bertz CT molecular complexity index is 1170. The van der Waals surface area contributed by atoms with Gasteiger partial charge in [0, 0.05) is 0 Å². The van der Waals surface area contributed by atoms with Gasteiger partial charge in [0.05, 0.1) is 32.3 Å². The maximum atomic E-state index is 12.7. The highest BCUT2D eigenvalue weighted by molar-refractivity contribution is 6.74. The van der Waals surface area contributed by atoms with Gasteiger partial charge in [-0.1, -0.05) is 71.9 Å². The van der Waals surface area contributed by atoms with Gasteiger partial charge in [0.2, 0.25) is 0 Å². The number of aliphatic hydroxyl groups is 1. The topological polar surface area (TPSA) is 110 Å². The predicted molar refractivity (Wildman–Crippen MR) is 184 cm³/mol. The van der Waals surface area contributed by atoms with Gasteiger partial charge in [0.25, 0.3) is 0 Å². The number of carbonyl (C=O) groups excluding carboxylic acids is 2. The molecule has 7 atom stereocenters. The zero-order chi connectivity index (χ0) is 34.5. The lowest BCUT2D eigenvalue weighted by Crippen LogP contribution is -2.68. The first-order valence-corrected chi connectivity index (χ1v) is 22.3. The quantitative estimate of drug-likeness (QED) is 0.145. The molecular weight excluding hydrogens is 621 g/mol. The fourth-order valence-electron chi connectivity index (χ4n) is 5.18. The Morgan fingerprint density at radius 3 is 2.09 bits per heavy atom. The second kappa shape index (κ2) is 15.7. The van der Waals surface area contributed by atoms with Gasteiger partial charge in [-0.2, -0.15) is 0 Å². The zero-order valence-corrected chi connectivity index (χ0v) is 31.8. The molecule has 2 saturated heterocycles. The molecular formula is C35H58O9Si2. The number of methoxy groups -OCH3 is 1. The summed E-state index contributed by atoms with van der Waals surface area (Å²) in [6.45, 7) is 22.0. The molecule has 46 heavy (non-hydrogen) atoms. The Morgan fingerprint density at radius 1 is 0.935 bits per heavy atom. The van der Waals surface area contributed by atoms with E-state index in [1.54, 1.807) is 0 Å². The summed E-state index contributed by atoms with van der Waals surface area (Å²) in [6, 6.07) is 9.65. The standard InChI is InChI=1S/C35H58O9Si2/c1-34(2,3)45(8,9)43-32-30(27(37)19-17-25(36)23-40-22-24-15-13-12-14-16-24)42-28-20-18-26(21-29(38)39-7)41-31(28)33(32)44-46(10,11)35(4,5)6/h12-17,19,26-28,30-33,37H,18,20-23H2,1-11H3/b19-17+/t26-,27+,28+,30+,31+,32-,33+/m1/s1. The SMILES string of the molecule is COC(=O)C[C@H]1CC[C@@H]2O[C@@H]([C@@H](O)/C=C/C(=O)COCc3ccccc3)[C@@H](O[Si](C)(C)C(C)(C)C)[C@@H](O[Si](C)(C)C(C)(C)C)[C@H]2O1. The van der Waals surface area contributed by atoms with Crippen LogP contribution in [0.3, 0.4) is 0 Å². The number of aliphatic hydroxyl groups excluding tert-OH is 1. The summed E-state index contributed by atoms with van der Waals surface area (Å²) in [5.41, 5.74) is 0.978. The molecule has 0 aliphatic carbocycles. The minimum absolute atomic E-state index is 0.106. The molecule has 2 heterocycles. The van der Waals surface area contributed by atoms with Crippen LogP contribution in [0.4, 0.5) is 0 Å². The Kier molecular flexibility index (Phi) is 13.2. The zero-order valence-electron chi connectivity index (χ0n) is 29.8. The van der Waals surface area contributed by atoms with E-state index < -0.39 is 47.2 Å². The highest BCUT2D eigenvalue weighted by Crippen LogP contribution is 2.45. The van der Waals surface area contributed by atoms with Gasteiger partial charge in [-0.05, 0) is 66.8 Å². The number of benzene rings is 1. The van der Waals surface area contributed by atoms with Crippen LogP contribution in [-0.2, 0) is 44.0 Å². The van der Waals surface area contributed by atoms with E-state index in [0.717, 1.165) is 5.56 Å². The number of rotatable bonds is 13. The lowest BCUT2D eigenvalue weighted by Gasteiger charge is -2.55. The van der Waals surface area contributed by atoms with E-state index in [4.69, 9.17) is 27.8 Å². The molecule has 0 radical (unpaired) electrons. The number of ether oxygens (including phenoxy) is 4. The summed E-state index contributed by atoms with van der Waals surface area (Å²) in [5.74, 6) is -0.585. The van der Waals surface area contributed by atoms with Crippen molar-refractivity contribution in [1.29, 1.82) is 0 Å². The van der Waals surface area contributed by atoms with E-state index in [1.807, 2.05) is 30.3 Å². The monoisotopic (exact) mass is 678 g/mol. The van der Waals surface area contributed by atoms with Crippen LogP contribution in [0.25, 0.3) is 0 Å². The number of hydrogen-bond acceptors (Lipinski definition) is 9. The number of ketones is 1. The molecule has 1 N–H and O–H groups in total. The molecule has 11 heteroatoms. The molecule has 0 aromatic heterocycles. The first-order chi connectivity index (χ1) is 21.3. The fraction of sp³-hybridized carbons (Fsp3) is 0.714. The molecule has 2 aliphatic rings. The lowest BCUT2D eigenvalue weighted by atomic mass is 9.87. The van der Waals surface area contributed by atoms with E-state index in [9.17, 15) is 14.7 Å². The summed E-state index contributed by atoms with van der Waals surface area (Å²) < 4.78 is 38.1. The maximum Gasteiger partial charge on any atom is 0.308 e. The number of esters is 1. The van der Waals surface area contributed by atoms with Gasteiger partial charge in [-0.25, -0.2) is 0 Å². The third-order valence-electron chi connectivity index (χ3n) is 10.1. The largest absolute Gasteiger partial charge is 0.469 e. The fourth-order valence-corrected chi connectivity index (χ4v) is 7.79. The van der Waals surface area contributed by atoms with Crippen LogP contribution in [0, 0.1) is 0 Å². The molecule has 1 aromatic rings. The lowest BCUT2D eigenvalue weighted by molar-refractivity contribution is -0.268. The van der Waals surface area contributed by atoms with Crippen LogP contribution >= 0.6 is 0 Å². The molecule has 0 bridgehead atoms. The van der Waals surface area contributed by atoms with Gasteiger partial charge in [-0.15, -0.1) is 0 Å². The summed E-state index contributed by atoms with van der Waals surface area (Å²) in [5, 5.41) is 11.4. The van der Waals surface area contributed by atoms with E-state index in [-0.39, 0.29) is 47.1 Å². The van der Waals surface area contributed by atoms with Crippen molar-refractivity contribution in [2.45, 2.75) is 146 Å². The Hall–Kier alpha value is -1.71. The molecule has 0 spiro atoms. The average Bonchev–Trinajstić information content (AvgIpc) is 2.96. The smallest absolute Gasteiger partial charge is 0.308 e. The molecule has 0 unspecified atom stereocenters. The number of fused-ring (bicyclic) bond motifs is 1. The molecule has 0 amide bonds. The summed E-state index contributed by atoms with van der Waals surface area (Å²) in [6.07, 6.45) is -0.223. The minimum atomic E-state index is -2.44. The normalized spacial score (nSPS) is 26.9. The van der Waals surface area contributed by atoms with Gasteiger partial charge >= 0.3 is 5.97 Å². The molecule has 1 aromatic carbocycles. The van der Waals surface area contributed by atoms with Crippen LogP contribution < -0.4 is 0 Å². The average molecular weight is 679 g/mol. The van der Waals surface area contributed by atoms with Crippen LogP contribution in [0.5, 0.6) is 0 Å². The van der Waals surface area contributed by atoms with Gasteiger partial charge in [0.1, 0.15) is 37.1 Å². The van der Waals surface area contributed by atoms with Crippen LogP contribution in [0.1, 0.15) is 66.4 Å². The summed E-state index contributed by atoms with van der Waals surface area (Å²) in [4.78, 5) is 24.9. The Morgan fingerprint density at radius 2 is 1.52 bits per heavy atom. The van der Waals surface area contributed by atoms with Crippen LogP contribution in [0.2, 0.25) is 36.3 Å². The number of hydrogen-bond donors (Lipinski definition) is 1. The highest BCUT2D eigenvalue weighted by atomic mass is 28.4. The molecule has 9 nitrogen and oxygen atoms in total. The van der Waals surface area contributed by atoms with Crippen molar-refractivity contribution >= 4 is 28.4 Å². The van der Waals surface area contributed by atoms with Crippen molar-refractivity contribution < 1.29 is 42.5 Å². The maximum absolute atomic E-state index is 12.7. The van der Waals surface area contributed by atoms with E-state index in [2.05, 4.69) is 67.7 Å². The van der Waals surface area contributed by atoms with E-state index in [1.165, 1.54) is 19.3 Å². The molecule has 260 valence electrons. The van der Waals surface area contributed by atoms with E-state index >= 15 is 0 Å². The van der Waals surface area contributed by atoms with Crippen molar-refractivity contribution in [3.05, 3.63) is 48.0 Å². The van der Waals surface area contributed by atoms with Gasteiger partial charge in [-0.3, -0.25) is 9.59 Å². The highest BCUT2D eigenvalue weighted by Gasteiger charge is 2.56. The summed E-state index contributed by atoms with van der Waals surface area (Å²) in [7, 11) is -3.46. The van der Waals surface area contributed by atoms with Gasteiger partial charge in [0.15, 0.2) is 22.4 Å².